The fourth-order valence-electron chi connectivity index (χ4n) is 2.44. The number of methoxy groups -OCH3 is 1. The quantitative estimate of drug-likeness (QED) is 0.896. The number of urea groups is 1. The molecule has 1 aromatic rings. The second-order valence-electron chi connectivity index (χ2n) is 5.69. The molecule has 1 heterocycles. The minimum absolute atomic E-state index is 0.0241. The van der Waals surface area contributed by atoms with E-state index >= 15 is 0 Å². The van der Waals surface area contributed by atoms with Gasteiger partial charge in [0.15, 0.2) is 0 Å². The molecule has 122 valence electrons. The van der Waals surface area contributed by atoms with Crippen molar-refractivity contribution in [2.45, 2.75) is 0 Å². The van der Waals surface area contributed by atoms with E-state index in [9.17, 15) is 4.79 Å². The molecular formula is C16H26N4O2. The number of hydrogen-bond acceptors (Lipinski definition) is 4. The fourth-order valence-corrected chi connectivity index (χ4v) is 2.44. The van der Waals surface area contributed by atoms with Crippen LogP contribution in [0, 0.1) is 0 Å². The summed E-state index contributed by atoms with van der Waals surface area (Å²) in [5.74, 6) is 0. The van der Waals surface area contributed by atoms with E-state index in [1.807, 2.05) is 48.2 Å². The zero-order valence-corrected chi connectivity index (χ0v) is 13.7. The number of piperazine rings is 1. The molecule has 2 rings (SSSR count). The van der Waals surface area contributed by atoms with Crippen LogP contribution in [0.2, 0.25) is 0 Å². The fraction of sp³-hybridized carbons (Fsp3) is 0.562. The Morgan fingerprint density at radius 1 is 1.18 bits per heavy atom. The molecule has 2 amide bonds. The van der Waals surface area contributed by atoms with Crippen molar-refractivity contribution in [3.05, 3.63) is 24.3 Å². The van der Waals surface area contributed by atoms with Gasteiger partial charge in [0.25, 0.3) is 0 Å². The van der Waals surface area contributed by atoms with Gasteiger partial charge < -0.3 is 19.9 Å². The Kier molecular flexibility index (Phi) is 6.03. The second-order valence-corrected chi connectivity index (χ2v) is 5.69. The van der Waals surface area contributed by atoms with Crippen LogP contribution in [0.4, 0.5) is 16.2 Å². The lowest BCUT2D eigenvalue weighted by Crippen LogP contribution is -2.50. The maximum atomic E-state index is 12.3. The molecule has 0 spiro atoms. The Morgan fingerprint density at radius 3 is 2.36 bits per heavy atom. The van der Waals surface area contributed by atoms with Crippen LogP contribution in [0.15, 0.2) is 24.3 Å². The van der Waals surface area contributed by atoms with Crippen LogP contribution in [-0.4, -0.2) is 76.4 Å². The molecule has 22 heavy (non-hydrogen) atoms. The van der Waals surface area contributed by atoms with Crippen LogP contribution >= 0.6 is 0 Å². The number of amides is 2. The van der Waals surface area contributed by atoms with E-state index in [2.05, 4.69) is 10.2 Å². The summed E-state index contributed by atoms with van der Waals surface area (Å²) in [6.07, 6.45) is 0. The highest BCUT2D eigenvalue weighted by molar-refractivity contribution is 5.89. The summed E-state index contributed by atoms with van der Waals surface area (Å²) in [5, 5.41) is 2.96. The first-order valence-electron chi connectivity index (χ1n) is 7.65. The average molecular weight is 306 g/mol. The molecule has 6 heteroatoms. The molecule has 1 fully saturated rings. The number of carbonyl (C=O) groups is 1. The molecule has 0 aliphatic carbocycles. The molecule has 1 N–H and O–H groups in total. The third kappa shape index (κ3) is 4.61. The molecular weight excluding hydrogens is 280 g/mol. The number of hydrogen-bond donors (Lipinski definition) is 1. The molecule has 1 aromatic carbocycles. The first-order chi connectivity index (χ1) is 10.6. The molecule has 0 unspecified atom stereocenters. The van der Waals surface area contributed by atoms with Crippen LogP contribution in [0.1, 0.15) is 0 Å². The van der Waals surface area contributed by atoms with Crippen LogP contribution in [-0.2, 0) is 4.74 Å². The van der Waals surface area contributed by atoms with Gasteiger partial charge in [-0.1, -0.05) is 0 Å². The number of nitrogens with zero attached hydrogens (tertiary/aromatic N) is 3. The number of ether oxygens (including phenoxy) is 1. The highest BCUT2D eigenvalue weighted by Crippen LogP contribution is 2.16. The summed E-state index contributed by atoms with van der Waals surface area (Å²) in [7, 11) is 5.71. The van der Waals surface area contributed by atoms with E-state index in [1.54, 1.807) is 7.11 Å². The predicted molar refractivity (Wildman–Crippen MR) is 89.7 cm³/mol. The maximum absolute atomic E-state index is 12.3. The van der Waals surface area contributed by atoms with Crippen LogP contribution in [0.3, 0.4) is 0 Å². The van der Waals surface area contributed by atoms with Gasteiger partial charge >= 0.3 is 6.03 Å². The minimum atomic E-state index is -0.0241. The smallest absolute Gasteiger partial charge is 0.321 e. The SMILES string of the molecule is COCCN1CCN(C(=O)Nc2ccc(N(C)C)cc2)CC1. The number of rotatable bonds is 5. The zero-order valence-electron chi connectivity index (χ0n) is 13.7. The number of anilines is 2. The van der Waals surface area contributed by atoms with Gasteiger partial charge in [0, 0.05) is 65.3 Å². The summed E-state index contributed by atoms with van der Waals surface area (Å²) in [5.41, 5.74) is 1.95. The average Bonchev–Trinajstić information content (AvgIpc) is 2.54. The lowest BCUT2D eigenvalue weighted by atomic mass is 10.2. The van der Waals surface area contributed by atoms with Gasteiger partial charge in [-0.05, 0) is 24.3 Å². The number of nitrogens with one attached hydrogen (secondary N) is 1. The molecule has 0 atom stereocenters. The van der Waals surface area contributed by atoms with E-state index in [1.165, 1.54) is 0 Å². The summed E-state index contributed by atoms with van der Waals surface area (Å²) in [4.78, 5) is 18.5. The van der Waals surface area contributed by atoms with E-state index in [0.717, 1.165) is 50.7 Å². The third-order valence-corrected chi connectivity index (χ3v) is 3.91. The topological polar surface area (TPSA) is 48.1 Å². The van der Waals surface area contributed by atoms with Crippen molar-refractivity contribution in [1.82, 2.24) is 9.80 Å². The molecule has 1 saturated heterocycles. The summed E-state index contributed by atoms with van der Waals surface area (Å²) < 4.78 is 5.09. The normalized spacial score (nSPS) is 15.7. The van der Waals surface area contributed by atoms with Gasteiger partial charge in [-0.3, -0.25) is 4.90 Å². The summed E-state index contributed by atoms with van der Waals surface area (Å²) in [6, 6.07) is 7.84. The lowest BCUT2D eigenvalue weighted by Gasteiger charge is -2.34. The van der Waals surface area contributed by atoms with Crippen molar-refractivity contribution >= 4 is 17.4 Å². The Hall–Kier alpha value is -1.79. The molecule has 1 aliphatic heterocycles. The lowest BCUT2D eigenvalue weighted by molar-refractivity contribution is 0.109. The van der Waals surface area contributed by atoms with E-state index in [0.29, 0.717) is 0 Å². The van der Waals surface area contributed by atoms with Gasteiger partial charge in [0.05, 0.1) is 6.61 Å². The Morgan fingerprint density at radius 2 is 1.82 bits per heavy atom. The molecule has 6 nitrogen and oxygen atoms in total. The minimum Gasteiger partial charge on any atom is -0.383 e. The van der Waals surface area contributed by atoms with Crippen molar-refractivity contribution in [3.63, 3.8) is 0 Å². The van der Waals surface area contributed by atoms with E-state index in [4.69, 9.17) is 4.74 Å². The molecule has 1 aliphatic rings. The maximum Gasteiger partial charge on any atom is 0.321 e. The van der Waals surface area contributed by atoms with E-state index in [-0.39, 0.29) is 6.03 Å². The highest BCUT2D eigenvalue weighted by atomic mass is 16.5. The summed E-state index contributed by atoms with van der Waals surface area (Å²) >= 11 is 0. The van der Waals surface area contributed by atoms with Gasteiger partial charge in [-0.2, -0.15) is 0 Å². The largest absolute Gasteiger partial charge is 0.383 e. The number of benzene rings is 1. The first-order valence-corrected chi connectivity index (χ1v) is 7.65. The molecule has 0 aromatic heterocycles. The molecule has 0 saturated carbocycles. The third-order valence-electron chi connectivity index (χ3n) is 3.91. The van der Waals surface area contributed by atoms with Crippen molar-refractivity contribution in [2.24, 2.45) is 0 Å². The highest BCUT2D eigenvalue weighted by Gasteiger charge is 2.20. The second kappa shape index (κ2) is 8.00. The van der Waals surface area contributed by atoms with Gasteiger partial charge in [0.2, 0.25) is 0 Å². The summed E-state index contributed by atoms with van der Waals surface area (Å²) in [6.45, 7) is 4.98. The van der Waals surface area contributed by atoms with E-state index < -0.39 is 0 Å². The first kappa shape index (κ1) is 16.6. The van der Waals surface area contributed by atoms with Crippen LogP contribution in [0.5, 0.6) is 0 Å². The molecule has 0 bridgehead atoms. The van der Waals surface area contributed by atoms with Gasteiger partial charge in [-0.15, -0.1) is 0 Å². The van der Waals surface area contributed by atoms with Gasteiger partial charge in [-0.25, -0.2) is 4.79 Å². The predicted octanol–water partition coefficient (Wildman–Crippen LogP) is 1.55. The monoisotopic (exact) mass is 306 g/mol. The van der Waals surface area contributed by atoms with Crippen LogP contribution in [0.25, 0.3) is 0 Å². The van der Waals surface area contributed by atoms with Crippen molar-refractivity contribution in [2.75, 3.05) is 70.8 Å². The molecule has 0 radical (unpaired) electrons. The zero-order chi connectivity index (χ0) is 15.9. The Balaban J connectivity index is 1.80. The Bertz CT molecular complexity index is 468. The van der Waals surface area contributed by atoms with Crippen molar-refractivity contribution in [1.29, 1.82) is 0 Å². The van der Waals surface area contributed by atoms with Crippen molar-refractivity contribution < 1.29 is 9.53 Å². The van der Waals surface area contributed by atoms with Crippen LogP contribution < -0.4 is 10.2 Å². The Labute approximate surface area is 132 Å². The van der Waals surface area contributed by atoms with Crippen molar-refractivity contribution in [3.8, 4) is 0 Å². The standard InChI is InChI=1S/C16H26N4O2/c1-18(2)15-6-4-14(5-7-15)17-16(21)20-10-8-19(9-11-20)12-13-22-3/h4-7H,8-13H2,1-3H3,(H,17,21). The number of carbonyl (C=O) groups excluding carboxylic acids is 1. The van der Waals surface area contributed by atoms with Gasteiger partial charge in [0.1, 0.15) is 0 Å².